The number of rotatable bonds is 18. The number of carbonyl (C=O) groups excluding carboxylic acids is 3. The molecule has 11 rings (SSSR count). The van der Waals surface area contributed by atoms with Gasteiger partial charge in [-0.25, -0.2) is 36.7 Å². The summed E-state index contributed by atoms with van der Waals surface area (Å²) >= 11 is 3.04. The average molecular weight is 1460 g/mol. The summed E-state index contributed by atoms with van der Waals surface area (Å²) in [5.74, 6) is -7.83. The Labute approximate surface area is 587 Å². The second kappa shape index (κ2) is 31.6. The second-order valence-corrected chi connectivity index (χ2v) is 26.6. The topological polar surface area (TPSA) is 271 Å². The predicted molar refractivity (Wildman–Crippen MR) is 376 cm³/mol. The number of aromatic nitrogens is 4. The first-order chi connectivity index (χ1) is 47.8. The normalized spacial score (nSPS) is 15.2. The molecule has 5 N–H and O–H groups in total. The number of hydrogen-bond acceptors (Lipinski definition) is 15. The molecule has 5 heterocycles. The maximum atomic E-state index is 15.2. The van der Waals surface area contributed by atoms with Gasteiger partial charge in [0.2, 0.25) is 0 Å². The molecule has 0 radical (unpaired) electrons. The molecule has 6 aromatic carbocycles. The molecule has 101 heavy (non-hydrogen) atoms. The number of hydrogen-bond donors (Lipinski definition) is 5. The standard InChI is InChI=1S/C34H39BF2N2O6.C33H32F2N4O6.C6H7BrN2O2/c1-20(21-11-8-7-9-12-21)38-23-18-26(36)29(27(37)19-23)31(40)39-28(32(41)42-6)17-22-14-15-25(30-24(22)13-10-16-43-30)35-44-33(2,3)34(4,5)45-35;1-18(19-8-5-4-6-9-19)36-21-15-25(34)28(26(35)16-21)30(40)37-27(32(42)43)14-20-11-12-23(29-22(20)10-7-13-45-29)24-17-38(2)33(44)39(3)31(24)41;1-8-3-4(7)5(10)9(2)6(8)11/h7-9,11-12,14-15,18-20,28,38H,10,13,16-17H2,1-6H3,(H,39,40);4-6,8-9,11-12,15-18,27,36H,7,10,13-14H2,1-3H3,(H,37,40)(H,42,43);3H,1-2H3/t20-,28-;18-,27-;/m00./s1. The fourth-order valence-electron chi connectivity index (χ4n) is 11.9. The van der Waals surface area contributed by atoms with Crippen LogP contribution in [0.5, 0.6) is 11.5 Å². The Morgan fingerprint density at radius 2 is 1.02 bits per heavy atom. The number of methoxy groups -OCH3 is 1. The van der Waals surface area contributed by atoms with Crippen LogP contribution in [-0.4, -0.2) is 97.9 Å². The quantitative estimate of drug-likeness (QED) is 0.0304. The molecule has 0 bridgehead atoms. The first-order valence-corrected chi connectivity index (χ1v) is 33.2. The van der Waals surface area contributed by atoms with E-state index in [0.29, 0.717) is 65.1 Å². The number of halogens is 5. The van der Waals surface area contributed by atoms with E-state index in [-0.39, 0.29) is 53.1 Å². The summed E-state index contributed by atoms with van der Waals surface area (Å²) in [6.07, 6.45) is 5.22. The predicted octanol–water partition coefficient (Wildman–Crippen LogP) is 9.08. The molecular formula is C73H78BBrF4N8O14. The number of nitrogens with zero attached hydrogens (tertiary/aromatic N) is 4. The molecule has 8 aromatic rings. The van der Waals surface area contributed by atoms with Crippen LogP contribution >= 0.6 is 15.9 Å². The van der Waals surface area contributed by atoms with Gasteiger partial charge in [-0.15, -0.1) is 0 Å². The minimum Gasteiger partial charge on any atom is -0.494 e. The van der Waals surface area contributed by atoms with E-state index >= 15 is 17.6 Å². The Kier molecular flexibility index (Phi) is 23.5. The first-order valence-electron chi connectivity index (χ1n) is 32.4. The van der Waals surface area contributed by atoms with Crippen molar-refractivity contribution >= 4 is 63.6 Å². The number of ether oxygens (including phenoxy) is 3. The van der Waals surface area contributed by atoms with Gasteiger partial charge in [-0.05, 0) is 141 Å². The summed E-state index contributed by atoms with van der Waals surface area (Å²) in [4.78, 5) is 98.6. The van der Waals surface area contributed by atoms with Crippen LogP contribution in [0.1, 0.15) is 121 Å². The molecule has 28 heteroatoms. The van der Waals surface area contributed by atoms with Crippen molar-refractivity contribution in [3.8, 4) is 22.6 Å². The Bertz CT molecular complexity index is 4630. The highest BCUT2D eigenvalue weighted by molar-refractivity contribution is 9.10. The Morgan fingerprint density at radius 3 is 1.50 bits per heavy atom. The van der Waals surface area contributed by atoms with Gasteiger partial charge in [0.25, 0.3) is 22.9 Å². The highest BCUT2D eigenvalue weighted by atomic mass is 79.9. The van der Waals surface area contributed by atoms with Gasteiger partial charge in [-0.2, -0.15) is 0 Å². The number of carbonyl (C=O) groups is 4. The zero-order valence-corrected chi connectivity index (χ0v) is 59.1. The molecule has 1 fully saturated rings. The summed E-state index contributed by atoms with van der Waals surface area (Å²) in [5, 5.41) is 20.8. The van der Waals surface area contributed by atoms with Crippen LogP contribution in [0.3, 0.4) is 0 Å². The number of aryl methyl sites for hydroxylation is 2. The zero-order chi connectivity index (χ0) is 73.5. The van der Waals surface area contributed by atoms with Gasteiger partial charge in [0.15, 0.2) is 0 Å². The van der Waals surface area contributed by atoms with Gasteiger partial charge < -0.3 is 59.0 Å². The van der Waals surface area contributed by atoms with Crippen LogP contribution in [0.25, 0.3) is 11.1 Å². The van der Waals surface area contributed by atoms with Gasteiger partial charge in [0.05, 0.1) is 41.6 Å². The third-order valence-electron chi connectivity index (χ3n) is 18.2. The van der Waals surface area contributed by atoms with Gasteiger partial charge in [-0.1, -0.05) is 84.9 Å². The number of benzene rings is 6. The molecule has 0 unspecified atom stereocenters. The smallest absolute Gasteiger partial charge is 0.494 e. The average Bonchev–Trinajstić information content (AvgIpc) is 1.63. The number of fused-ring (bicyclic) bond motifs is 2. The molecule has 2 aromatic heterocycles. The maximum Gasteiger partial charge on any atom is 0.498 e. The minimum atomic E-state index is -1.53. The number of amides is 2. The second-order valence-electron chi connectivity index (χ2n) is 25.7. The van der Waals surface area contributed by atoms with Crippen molar-refractivity contribution in [3.05, 3.63) is 236 Å². The van der Waals surface area contributed by atoms with Crippen molar-refractivity contribution in [2.24, 2.45) is 28.2 Å². The Morgan fingerprint density at radius 1 is 0.594 bits per heavy atom. The van der Waals surface area contributed by atoms with Crippen LogP contribution in [0.2, 0.25) is 0 Å². The molecule has 1 saturated heterocycles. The summed E-state index contributed by atoms with van der Waals surface area (Å²) in [5.41, 5.74) is 1.88. The molecular weight excluding hydrogens is 1380 g/mol. The number of carboxylic acid groups (broad SMARTS) is 1. The van der Waals surface area contributed by atoms with E-state index in [4.69, 9.17) is 23.5 Å². The zero-order valence-electron chi connectivity index (χ0n) is 57.5. The van der Waals surface area contributed by atoms with Crippen molar-refractivity contribution in [2.45, 2.75) is 115 Å². The van der Waals surface area contributed by atoms with E-state index < -0.39 is 99.8 Å². The molecule has 22 nitrogen and oxygen atoms in total. The number of anilines is 2. The fourth-order valence-corrected chi connectivity index (χ4v) is 12.5. The molecule has 532 valence electrons. The monoisotopic (exact) mass is 1460 g/mol. The van der Waals surface area contributed by atoms with Crippen molar-refractivity contribution in [1.29, 1.82) is 0 Å². The van der Waals surface area contributed by atoms with E-state index in [9.17, 15) is 43.5 Å². The van der Waals surface area contributed by atoms with E-state index in [1.807, 2.05) is 114 Å². The largest absolute Gasteiger partial charge is 0.498 e. The minimum absolute atomic E-state index is 0.0191. The third kappa shape index (κ3) is 16.9. The lowest BCUT2D eigenvalue weighted by molar-refractivity contribution is -0.143. The van der Waals surface area contributed by atoms with Crippen LogP contribution in [-0.2, 0) is 77.5 Å². The van der Waals surface area contributed by atoms with Crippen LogP contribution in [0.15, 0.2) is 145 Å². The summed E-state index contributed by atoms with van der Waals surface area (Å²) in [6.45, 7) is 12.4. The molecule has 0 aliphatic carbocycles. The third-order valence-corrected chi connectivity index (χ3v) is 18.7. The van der Waals surface area contributed by atoms with Crippen LogP contribution in [0, 0.1) is 23.3 Å². The molecule has 0 saturated carbocycles. The molecule has 2 amide bonds. The molecule has 3 aliphatic heterocycles. The van der Waals surface area contributed by atoms with Crippen molar-refractivity contribution in [2.75, 3.05) is 31.0 Å². The fraction of sp³-hybridized carbons (Fsp3) is 0.342. The highest BCUT2D eigenvalue weighted by Gasteiger charge is 2.53. The van der Waals surface area contributed by atoms with Gasteiger partial charge in [0, 0.05) is 87.9 Å². The highest BCUT2D eigenvalue weighted by Crippen LogP contribution is 2.40. The number of aliphatic carboxylic acids is 1. The first kappa shape index (κ1) is 75.2. The lowest BCUT2D eigenvalue weighted by Gasteiger charge is -2.32. The molecule has 0 spiro atoms. The van der Waals surface area contributed by atoms with E-state index in [1.54, 1.807) is 19.2 Å². The SMILES string of the molecule is COC(=O)[C@H](Cc1ccc(B2OC(C)(C)C(C)(C)O2)c2c1CCCO2)NC(=O)c1c(F)cc(N[C@@H](C)c2ccccc2)cc1F.C[C@H](Nc1cc(F)c(C(=O)N[C@@H](Cc2ccc(-c3cn(C)c(=O)n(C)c3=O)c3c2CCCO3)C(=O)O)c(F)c1)c1ccccc1.Cn1cc(Br)c(=O)n(C)c1=O. The number of esters is 1. The van der Waals surface area contributed by atoms with Crippen molar-refractivity contribution in [1.82, 2.24) is 28.9 Å². The molecule has 4 atom stereocenters. The summed E-state index contributed by atoms with van der Waals surface area (Å²) in [7, 11) is 6.47. The van der Waals surface area contributed by atoms with Crippen molar-refractivity contribution < 1.29 is 65.4 Å². The Balaban J connectivity index is 0.000000204. The van der Waals surface area contributed by atoms with Crippen LogP contribution in [0.4, 0.5) is 28.9 Å². The number of nitrogens with one attached hydrogen (secondary N) is 4. The Hall–Kier alpha value is -10.1. The lowest BCUT2D eigenvalue weighted by atomic mass is 9.75. The molecule has 3 aliphatic rings. The lowest BCUT2D eigenvalue weighted by Crippen LogP contribution is -2.44. The number of carboxylic acids is 1. The van der Waals surface area contributed by atoms with E-state index in [2.05, 4.69) is 37.2 Å². The van der Waals surface area contributed by atoms with Gasteiger partial charge in [-0.3, -0.25) is 28.3 Å². The van der Waals surface area contributed by atoms with Gasteiger partial charge >= 0.3 is 30.4 Å². The van der Waals surface area contributed by atoms with E-state index in [0.717, 1.165) is 67.5 Å². The summed E-state index contributed by atoms with van der Waals surface area (Å²) < 4.78 is 95.1. The van der Waals surface area contributed by atoms with Crippen molar-refractivity contribution in [3.63, 3.8) is 0 Å². The summed E-state index contributed by atoms with van der Waals surface area (Å²) in [6, 6.07) is 26.4. The van der Waals surface area contributed by atoms with E-state index in [1.165, 1.54) is 49.8 Å². The van der Waals surface area contributed by atoms with Crippen LogP contribution < -0.4 is 58.7 Å². The maximum absolute atomic E-state index is 15.2. The van der Waals surface area contributed by atoms with Gasteiger partial charge in [0.1, 0.15) is 58.0 Å².